The number of amides is 1. The Labute approximate surface area is 175 Å². The molecule has 0 spiro atoms. The number of ether oxygens (including phenoxy) is 3. The van der Waals surface area contributed by atoms with Gasteiger partial charge in [-0.05, 0) is 37.3 Å². The molecule has 1 aliphatic heterocycles. The number of nitrogens with one attached hydrogen (secondary N) is 1. The van der Waals surface area contributed by atoms with Crippen LogP contribution in [0.3, 0.4) is 0 Å². The summed E-state index contributed by atoms with van der Waals surface area (Å²) in [4.78, 5) is 40.5. The zero-order chi connectivity index (χ0) is 22.0. The van der Waals surface area contributed by atoms with Crippen LogP contribution in [0, 0.1) is 5.82 Å². The number of halogens is 1. The Hall–Kier alpha value is -4.21. The molecule has 3 aromatic rings. The van der Waals surface area contributed by atoms with Gasteiger partial charge in [0.05, 0.1) is 18.2 Å². The first-order valence-electron chi connectivity index (χ1n) is 9.12. The lowest BCUT2D eigenvalue weighted by atomic mass is 10.1. The summed E-state index contributed by atoms with van der Waals surface area (Å²) in [7, 11) is 0. The van der Waals surface area contributed by atoms with E-state index in [-0.39, 0.29) is 29.5 Å². The number of Topliss-reactive ketones (excluding diaryl/α,β-unsaturated/α-hetero) is 1. The van der Waals surface area contributed by atoms with E-state index in [1.165, 1.54) is 60.4 Å². The van der Waals surface area contributed by atoms with E-state index in [4.69, 9.17) is 14.2 Å². The standard InChI is InChI=1S/C21H16FN3O6/c1-12(26)15-6-18-19(31-11-30-18)7-16(15)24-20(27)9-29-21(28)17-8-23-10-25(17)14-4-2-13(22)3-5-14/h2-8,10H,9,11H2,1H3,(H,24,27). The molecule has 0 saturated heterocycles. The van der Waals surface area contributed by atoms with Crippen molar-refractivity contribution in [3.05, 3.63) is 66.0 Å². The number of nitrogens with zero attached hydrogens (tertiary/aromatic N) is 2. The summed E-state index contributed by atoms with van der Waals surface area (Å²) >= 11 is 0. The summed E-state index contributed by atoms with van der Waals surface area (Å²) in [5.41, 5.74) is 1.01. The summed E-state index contributed by atoms with van der Waals surface area (Å²) in [6.45, 7) is 0.770. The number of hydrogen-bond acceptors (Lipinski definition) is 7. The molecule has 0 saturated carbocycles. The molecule has 2 aromatic carbocycles. The van der Waals surface area contributed by atoms with Gasteiger partial charge in [0.2, 0.25) is 6.79 Å². The minimum absolute atomic E-state index is 0.0173. The highest BCUT2D eigenvalue weighted by Crippen LogP contribution is 2.37. The lowest BCUT2D eigenvalue weighted by Gasteiger charge is -2.11. The van der Waals surface area contributed by atoms with Crippen molar-refractivity contribution >= 4 is 23.3 Å². The number of benzene rings is 2. The number of imidazole rings is 1. The fourth-order valence-electron chi connectivity index (χ4n) is 2.98. The maximum absolute atomic E-state index is 13.1. The molecule has 31 heavy (non-hydrogen) atoms. The largest absolute Gasteiger partial charge is 0.454 e. The summed E-state index contributed by atoms with van der Waals surface area (Å²) in [6, 6.07) is 8.40. The Morgan fingerprint density at radius 3 is 2.58 bits per heavy atom. The molecular weight excluding hydrogens is 409 g/mol. The maximum Gasteiger partial charge on any atom is 0.357 e. The van der Waals surface area contributed by atoms with Crippen molar-refractivity contribution in [1.82, 2.24) is 9.55 Å². The van der Waals surface area contributed by atoms with E-state index in [9.17, 15) is 18.8 Å². The van der Waals surface area contributed by atoms with Crippen LogP contribution in [0.25, 0.3) is 5.69 Å². The number of hydrogen-bond donors (Lipinski definition) is 1. The van der Waals surface area contributed by atoms with Crippen molar-refractivity contribution in [3.8, 4) is 17.2 Å². The number of esters is 1. The Bertz CT molecular complexity index is 1170. The van der Waals surface area contributed by atoms with Crippen molar-refractivity contribution in [1.29, 1.82) is 0 Å². The highest BCUT2D eigenvalue weighted by atomic mass is 19.1. The second kappa shape index (κ2) is 8.27. The summed E-state index contributed by atoms with van der Waals surface area (Å²) in [5.74, 6) is -1.35. The number of aromatic nitrogens is 2. The first-order valence-corrected chi connectivity index (χ1v) is 9.12. The van der Waals surface area contributed by atoms with Gasteiger partial charge >= 0.3 is 5.97 Å². The predicted octanol–water partition coefficient (Wildman–Crippen LogP) is 2.74. The van der Waals surface area contributed by atoms with Gasteiger partial charge in [-0.15, -0.1) is 0 Å². The molecule has 0 atom stereocenters. The molecule has 0 radical (unpaired) electrons. The molecule has 10 heteroatoms. The average Bonchev–Trinajstić information content (AvgIpc) is 3.41. The third-order valence-electron chi connectivity index (χ3n) is 4.45. The summed E-state index contributed by atoms with van der Waals surface area (Å²) in [5, 5.41) is 2.54. The van der Waals surface area contributed by atoms with Crippen molar-refractivity contribution in [2.75, 3.05) is 18.7 Å². The van der Waals surface area contributed by atoms with Gasteiger partial charge in [-0.3, -0.25) is 14.2 Å². The van der Waals surface area contributed by atoms with Crippen LogP contribution < -0.4 is 14.8 Å². The number of ketones is 1. The minimum Gasteiger partial charge on any atom is -0.454 e. The lowest BCUT2D eigenvalue weighted by Crippen LogP contribution is -2.22. The molecule has 0 fully saturated rings. The number of rotatable bonds is 6. The number of carbonyl (C=O) groups is 3. The fourth-order valence-corrected chi connectivity index (χ4v) is 2.98. The molecule has 0 bridgehead atoms. The van der Waals surface area contributed by atoms with Gasteiger partial charge in [-0.25, -0.2) is 14.2 Å². The van der Waals surface area contributed by atoms with E-state index in [2.05, 4.69) is 10.3 Å². The van der Waals surface area contributed by atoms with Gasteiger partial charge in [0.1, 0.15) is 5.82 Å². The molecule has 0 aliphatic carbocycles. The fraction of sp³-hybridized carbons (Fsp3) is 0.143. The van der Waals surface area contributed by atoms with Crippen LogP contribution in [0.1, 0.15) is 27.8 Å². The van der Waals surface area contributed by atoms with Gasteiger partial charge in [0.25, 0.3) is 5.91 Å². The molecule has 9 nitrogen and oxygen atoms in total. The van der Waals surface area contributed by atoms with Crippen molar-refractivity contribution in [3.63, 3.8) is 0 Å². The Balaban J connectivity index is 1.44. The van der Waals surface area contributed by atoms with E-state index < -0.39 is 24.3 Å². The Morgan fingerprint density at radius 2 is 1.87 bits per heavy atom. The average molecular weight is 425 g/mol. The highest BCUT2D eigenvalue weighted by molar-refractivity contribution is 6.05. The zero-order valence-corrected chi connectivity index (χ0v) is 16.3. The van der Waals surface area contributed by atoms with E-state index in [1.54, 1.807) is 0 Å². The number of fused-ring (bicyclic) bond motifs is 1. The Morgan fingerprint density at radius 1 is 1.16 bits per heavy atom. The lowest BCUT2D eigenvalue weighted by molar-refractivity contribution is -0.119. The number of carbonyl (C=O) groups excluding carboxylic acids is 3. The number of anilines is 1. The van der Waals surface area contributed by atoms with E-state index in [0.717, 1.165) is 0 Å². The van der Waals surface area contributed by atoms with Crippen molar-refractivity contribution in [2.24, 2.45) is 0 Å². The van der Waals surface area contributed by atoms with Crippen LogP contribution in [0.15, 0.2) is 48.9 Å². The maximum atomic E-state index is 13.1. The van der Waals surface area contributed by atoms with E-state index in [0.29, 0.717) is 17.2 Å². The Kier molecular flexibility index (Phi) is 5.35. The van der Waals surface area contributed by atoms with Crippen LogP contribution in [0.4, 0.5) is 10.1 Å². The van der Waals surface area contributed by atoms with Gasteiger partial charge in [-0.2, -0.15) is 0 Å². The topological polar surface area (TPSA) is 109 Å². The smallest absolute Gasteiger partial charge is 0.357 e. The van der Waals surface area contributed by atoms with Crippen molar-refractivity contribution < 1.29 is 33.0 Å². The summed E-state index contributed by atoms with van der Waals surface area (Å²) < 4.78 is 30.1. The molecule has 2 heterocycles. The van der Waals surface area contributed by atoms with Crippen LogP contribution in [-0.4, -0.2) is 40.6 Å². The molecule has 0 unspecified atom stereocenters. The van der Waals surface area contributed by atoms with E-state index >= 15 is 0 Å². The zero-order valence-electron chi connectivity index (χ0n) is 16.3. The third-order valence-corrected chi connectivity index (χ3v) is 4.45. The monoisotopic (exact) mass is 425 g/mol. The molecule has 1 aliphatic rings. The minimum atomic E-state index is -0.797. The van der Waals surface area contributed by atoms with Gasteiger partial charge in [-0.1, -0.05) is 0 Å². The van der Waals surface area contributed by atoms with Gasteiger partial charge < -0.3 is 19.5 Å². The van der Waals surface area contributed by atoms with Crippen LogP contribution in [0.2, 0.25) is 0 Å². The van der Waals surface area contributed by atoms with Gasteiger partial charge in [0, 0.05) is 17.3 Å². The first kappa shape index (κ1) is 20.1. The van der Waals surface area contributed by atoms with Crippen LogP contribution >= 0.6 is 0 Å². The normalized spacial score (nSPS) is 11.8. The first-order chi connectivity index (χ1) is 14.9. The third kappa shape index (κ3) is 4.22. The van der Waals surface area contributed by atoms with E-state index in [1.807, 2.05) is 0 Å². The highest BCUT2D eigenvalue weighted by Gasteiger charge is 2.21. The molecule has 158 valence electrons. The second-order valence-electron chi connectivity index (χ2n) is 6.56. The SMILES string of the molecule is CC(=O)c1cc2c(cc1NC(=O)COC(=O)c1cncn1-c1ccc(F)cc1)OCO2. The molecular formula is C21H16FN3O6. The summed E-state index contributed by atoms with van der Waals surface area (Å²) in [6.07, 6.45) is 2.64. The molecule has 1 N–H and O–H groups in total. The quantitative estimate of drug-likeness (QED) is 0.478. The van der Waals surface area contributed by atoms with Gasteiger partial charge in [0.15, 0.2) is 29.6 Å². The molecule has 1 amide bonds. The van der Waals surface area contributed by atoms with Crippen LogP contribution in [0.5, 0.6) is 11.5 Å². The second-order valence-corrected chi connectivity index (χ2v) is 6.56. The van der Waals surface area contributed by atoms with Crippen LogP contribution in [-0.2, 0) is 9.53 Å². The molecule has 4 rings (SSSR count). The molecule has 1 aromatic heterocycles. The predicted molar refractivity (Wildman–Crippen MR) is 105 cm³/mol. The van der Waals surface area contributed by atoms with Crippen molar-refractivity contribution in [2.45, 2.75) is 6.92 Å².